The molecule has 0 aromatic heterocycles. The van der Waals surface area contributed by atoms with E-state index in [0.29, 0.717) is 18.5 Å². The Morgan fingerprint density at radius 1 is 1.19 bits per heavy atom. The van der Waals surface area contributed by atoms with E-state index in [-0.39, 0.29) is 11.2 Å². The van der Waals surface area contributed by atoms with Gasteiger partial charge in [-0.3, -0.25) is 4.79 Å². The Morgan fingerprint density at radius 3 is 2.33 bits per heavy atom. The van der Waals surface area contributed by atoms with Crippen LogP contribution in [0.1, 0.15) is 51.5 Å². The number of amides is 1. The average Bonchev–Trinajstić information content (AvgIpc) is 2.35. The molecule has 2 rings (SSSR count). The first-order valence-corrected chi connectivity index (χ1v) is 9.07. The lowest BCUT2D eigenvalue weighted by molar-refractivity contribution is -0.115. The van der Waals surface area contributed by atoms with Gasteiger partial charge in [-0.2, -0.15) is 0 Å². The minimum atomic E-state index is -3.37. The van der Waals surface area contributed by atoms with Crippen LogP contribution in [0.4, 0.5) is 5.69 Å². The standard InChI is InChI=1S/C16H23NO3S/c1-11(2)14-9-4-5-10-15(14)17-16(18)12(3)21(19,20)13-7-6-8-13/h4-5,9-13H,6-8H2,1-3H3,(H,17,18). The van der Waals surface area contributed by atoms with Gasteiger partial charge in [0.15, 0.2) is 9.84 Å². The number of carbonyl (C=O) groups is 1. The summed E-state index contributed by atoms with van der Waals surface area (Å²) >= 11 is 0. The van der Waals surface area contributed by atoms with Crippen molar-refractivity contribution in [1.29, 1.82) is 0 Å². The number of hydrogen-bond donors (Lipinski definition) is 1. The monoisotopic (exact) mass is 309 g/mol. The Morgan fingerprint density at radius 2 is 1.81 bits per heavy atom. The summed E-state index contributed by atoms with van der Waals surface area (Å²) in [5, 5.41) is 1.45. The fourth-order valence-electron chi connectivity index (χ4n) is 2.49. The predicted molar refractivity (Wildman–Crippen MR) is 85.2 cm³/mol. The van der Waals surface area contributed by atoms with Crippen molar-refractivity contribution in [1.82, 2.24) is 0 Å². The summed E-state index contributed by atoms with van der Waals surface area (Å²) in [5.41, 5.74) is 1.72. The second-order valence-corrected chi connectivity index (χ2v) is 8.57. The molecule has 0 aliphatic heterocycles. The van der Waals surface area contributed by atoms with Crippen molar-refractivity contribution in [3.8, 4) is 0 Å². The molecule has 1 amide bonds. The van der Waals surface area contributed by atoms with Gasteiger partial charge in [0.05, 0.1) is 5.25 Å². The van der Waals surface area contributed by atoms with E-state index in [0.717, 1.165) is 12.0 Å². The minimum absolute atomic E-state index is 0.264. The molecular formula is C16H23NO3S. The number of hydrogen-bond acceptors (Lipinski definition) is 3. The number of nitrogens with one attached hydrogen (secondary N) is 1. The topological polar surface area (TPSA) is 63.2 Å². The van der Waals surface area contributed by atoms with Gasteiger partial charge >= 0.3 is 0 Å². The van der Waals surface area contributed by atoms with Crippen LogP contribution in [-0.2, 0) is 14.6 Å². The lowest BCUT2D eigenvalue weighted by Gasteiger charge is -2.28. The number of para-hydroxylation sites is 1. The molecular weight excluding hydrogens is 286 g/mol. The van der Waals surface area contributed by atoms with Crippen LogP contribution in [0.2, 0.25) is 0 Å². The largest absolute Gasteiger partial charge is 0.325 e. The molecule has 5 heteroatoms. The van der Waals surface area contributed by atoms with E-state index >= 15 is 0 Å². The summed E-state index contributed by atoms with van der Waals surface area (Å²) in [6, 6.07) is 7.52. The molecule has 0 spiro atoms. The molecule has 1 aromatic rings. The summed E-state index contributed by atoms with van der Waals surface area (Å²) in [6.45, 7) is 5.57. The zero-order valence-corrected chi connectivity index (χ0v) is 13.6. The van der Waals surface area contributed by atoms with Crippen molar-refractivity contribution in [3.05, 3.63) is 29.8 Å². The van der Waals surface area contributed by atoms with Crippen molar-refractivity contribution in [2.45, 2.75) is 56.5 Å². The number of carbonyl (C=O) groups excluding carboxylic acids is 1. The van der Waals surface area contributed by atoms with E-state index in [1.807, 2.05) is 38.1 Å². The van der Waals surface area contributed by atoms with Gasteiger partial charge in [-0.05, 0) is 37.3 Å². The average molecular weight is 309 g/mol. The number of sulfone groups is 1. The van der Waals surface area contributed by atoms with Crippen LogP contribution in [0.25, 0.3) is 0 Å². The molecule has 1 N–H and O–H groups in total. The third-order valence-corrected chi connectivity index (χ3v) is 6.82. The Hall–Kier alpha value is -1.36. The highest BCUT2D eigenvalue weighted by Gasteiger charge is 2.38. The first-order chi connectivity index (χ1) is 9.84. The van der Waals surface area contributed by atoms with E-state index in [9.17, 15) is 13.2 Å². The summed E-state index contributed by atoms with van der Waals surface area (Å²) in [7, 11) is -3.37. The Balaban J connectivity index is 2.15. The maximum atomic E-state index is 12.3. The van der Waals surface area contributed by atoms with Gasteiger partial charge in [-0.1, -0.05) is 38.5 Å². The van der Waals surface area contributed by atoms with E-state index in [4.69, 9.17) is 0 Å². The third kappa shape index (κ3) is 3.28. The van der Waals surface area contributed by atoms with Crippen LogP contribution in [-0.4, -0.2) is 24.8 Å². The van der Waals surface area contributed by atoms with Gasteiger partial charge in [0.25, 0.3) is 0 Å². The molecule has 0 radical (unpaired) electrons. The molecule has 116 valence electrons. The fraction of sp³-hybridized carbons (Fsp3) is 0.562. The maximum Gasteiger partial charge on any atom is 0.242 e. The fourth-order valence-corrected chi connectivity index (χ4v) is 4.41. The van der Waals surface area contributed by atoms with E-state index in [1.54, 1.807) is 0 Å². The molecule has 0 saturated heterocycles. The third-order valence-electron chi connectivity index (χ3n) is 4.22. The van der Waals surface area contributed by atoms with Gasteiger partial charge in [0.1, 0.15) is 5.25 Å². The zero-order valence-electron chi connectivity index (χ0n) is 12.8. The molecule has 1 saturated carbocycles. The van der Waals surface area contributed by atoms with E-state index < -0.39 is 21.0 Å². The predicted octanol–water partition coefficient (Wildman–Crippen LogP) is 3.10. The normalized spacial score (nSPS) is 17.3. The lowest BCUT2D eigenvalue weighted by atomic mass is 10.00. The lowest BCUT2D eigenvalue weighted by Crippen LogP contribution is -2.41. The SMILES string of the molecule is CC(C)c1ccccc1NC(=O)C(C)S(=O)(=O)C1CCC1. The quantitative estimate of drug-likeness (QED) is 0.909. The number of rotatable bonds is 5. The Bertz CT molecular complexity index is 618. The molecule has 1 atom stereocenters. The molecule has 4 nitrogen and oxygen atoms in total. The number of anilines is 1. The first-order valence-electron chi connectivity index (χ1n) is 7.46. The van der Waals surface area contributed by atoms with Crippen molar-refractivity contribution in [2.24, 2.45) is 0 Å². The minimum Gasteiger partial charge on any atom is -0.325 e. The van der Waals surface area contributed by atoms with Crippen LogP contribution in [0.15, 0.2) is 24.3 Å². The van der Waals surface area contributed by atoms with Gasteiger partial charge in [-0.25, -0.2) is 8.42 Å². The van der Waals surface area contributed by atoms with Gasteiger partial charge in [0.2, 0.25) is 5.91 Å². The molecule has 1 aliphatic carbocycles. The second-order valence-electron chi connectivity index (χ2n) is 6.02. The van der Waals surface area contributed by atoms with Crippen molar-refractivity contribution < 1.29 is 13.2 Å². The molecule has 1 unspecified atom stereocenters. The van der Waals surface area contributed by atoms with Gasteiger partial charge in [0, 0.05) is 5.69 Å². The highest BCUT2D eigenvalue weighted by atomic mass is 32.2. The molecule has 1 fully saturated rings. The Labute approximate surface area is 126 Å². The smallest absolute Gasteiger partial charge is 0.242 e. The summed E-state index contributed by atoms with van der Waals surface area (Å²) in [4.78, 5) is 12.3. The van der Waals surface area contributed by atoms with Gasteiger partial charge < -0.3 is 5.32 Å². The summed E-state index contributed by atoms with van der Waals surface area (Å²) < 4.78 is 24.6. The maximum absolute atomic E-state index is 12.3. The highest BCUT2D eigenvalue weighted by molar-refractivity contribution is 7.93. The van der Waals surface area contributed by atoms with Crippen LogP contribution in [0.3, 0.4) is 0 Å². The van der Waals surface area contributed by atoms with E-state index in [2.05, 4.69) is 5.32 Å². The molecule has 0 heterocycles. The van der Waals surface area contributed by atoms with Gasteiger partial charge in [-0.15, -0.1) is 0 Å². The van der Waals surface area contributed by atoms with Crippen molar-refractivity contribution >= 4 is 21.4 Å². The molecule has 21 heavy (non-hydrogen) atoms. The van der Waals surface area contributed by atoms with Crippen LogP contribution < -0.4 is 5.32 Å². The Kier molecular flexibility index (Phi) is 4.71. The second kappa shape index (κ2) is 6.18. The van der Waals surface area contributed by atoms with Crippen LogP contribution >= 0.6 is 0 Å². The van der Waals surface area contributed by atoms with E-state index in [1.165, 1.54) is 6.92 Å². The first kappa shape index (κ1) is 16.0. The molecule has 1 aliphatic rings. The molecule has 0 bridgehead atoms. The summed E-state index contributed by atoms with van der Waals surface area (Å²) in [6.07, 6.45) is 2.31. The number of benzene rings is 1. The van der Waals surface area contributed by atoms with Crippen LogP contribution in [0.5, 0.6) is 0 Å². The zero-order chi connectivity index (χ0) is 15.6. The van der Waals surface area contributed by atoms with Crippen molar-refractivity contribution in [2.75, 3.05) is 5.32 Å². The molecule has 1 aromatic carbocycles. The summed E-state index contributed by atoms with van der Waals surface area (Å²) in [5.74, 6) is -0.171. The van der Waals surface area contributed by atoms with Crippen LogP contribution in [0, 0.1) is 0 Å². The van der Waals surface area contributed by atoms with Crippen molar-refractivity contribution in [3.63, 3.8) is 0 Å². The highest BCUT2D eigenvalue weighted by Crippen LogP contribution is 2.30.